The van der Waals surface area contributed by atoms with Crippen molar-refractivity contribution in [2.24, 2.45) is 0 Å². The first-order valence-corrected chi connectivity index (χ1v) is 11.2. The Bertz CT molecular complexity index is 1710. The van der Waals surface area contributed by atoms with Crippen LogP contribution in [-0.2, 0) is 6.18 Å². The minimum atomic E-state index is -4.48. The number of alkyl halides is 3. The predicted molar refractivity (Wildman–Crippen MR) is 130 cm³/mol. The van der Waals surface area contributed by atoms with Gasteiger partial charge in [0, 0.05) is 22.7 Å². The maximum Gasteiger partial charge on any atom is 0.416 e. The Morgan fingerprint density at radius 2 is 1.89 bits per heavy atom. The van der Waals surface area contributed by atoms with Crippen LogP contribution in [0.1, 0.15) is 10.6 Å². The molecule has 1 N–H and O–H groups in total. The van der Waals surface area contributed by atoms with Crippen molar-refractivity contribution in [1.29, 1.82) is 5.26 Å². The molecule has 0 aliphatic carbocycles. The average Bonchev–Trinajstić information content (AvgIpc) is 3.33. The van der Waals surface area contributed by atoms with Crippen molar-refractivity contribution < 1.29 is 17.6 Å². The highest BCUT2D eigenvalue weighted by Gasteiger charge is 2.30. The second-order valence-corrected chi connectivity index (χ2v) is 8.43. The van der Waals surface area contributed by atoms with E-state index in [1.54, 1.807) is 17.5 Å². The molecule has 0 bridgehead atoms. The molecule has 0 fully saturated rings. The number of aromatic nitrogens is 1. The van der Waals surface area contributed by atoms with Gasteiger partial charge in [0.05, 0.1) is 16.8 Å². The van der Waals surface area contributed by atoms with E-state index >= 15 is 0 Å². The number of anilines is 1. The number of hydrogen-bond acceptors (Lipinski definition) is 6. The third-order valence-corrected chi connectivity index (χ3v) is 6.22. The fraction of sp³-hybridized carbons (Fsp3) is 0.0385. The molecule has 172 valence electrons. The van der Waals surface area contributed by atoms with Crippen LogP contribution in [0.5, 0.6) is 0 Å². The van der Waals surface area contributed by atoms with Crippen LogP contribution in [0.2, 0.25) is 0 Å². The number of halogens is 3. The summed E-state index contributed by atoms with van der Waals surface area (Å²) in [5.41, 5.74) is -0.0412. The molecule has 0 saturated heterocycles. The van der Waals surface area contributed by atoms with Gasteiger partial charge in [0.25, 0.3) is 0 Å². The molecular formula is C26H14F3N3O2S. The lowest BCUT2D eigenvalue weighted by atomic mass is 10.0. The summed E-state index contributed by atoms with van der Waals surface area (Å²) in [6, 6.07) is 19.7. The third kappa shape index (κ3) is 4.39. The Kier molecular flexibility index (Phi) is 5.59. The molecule has 0 saturated carbocycles. The molecule has 0 aliphatic heterocycles. The summed E-state index contributed by atoms with van der Waals surface area (Å²) in [5.74, 6) is 0. The normalized spacial score (nSPS) is 12.1. The second kappa shape index (κ2) is 8.74. The van der Waals surface area contributed by atoms with E-state index in [1.165, 1.54) is 18.3 Å². The van der Waals surface area contributed by atoms with Crippen molar-refractivity contribution in [3.05, 3.63) is 99.3 Å². The number of nitrogens with zero attached hydrogens (tertiary/aromatic N) is 2. The summed E-state index contributed by atoms with van der Waals surface area (Å²) in [4.78, 5) is 17.1. The molecule has 0 spiro atoms. The molecule has 0 amide bonds. The van der Waals surface area contributed by atoms with Gasteiger partial charge in [-0.3, -0.25) is 0 Å². The molecule has 3 aromatic carbocycles. The molecule has 9 heteroatoms. The highest BCUT2D eigenvalue weighted by molar-refractivity contribution is 7.11. The maximum absolute atomic E-state index is 12.9. The van der Waals surface area contributed by atoms with Gasteiger partial charge in [0.15, 0.2) is 0 Å². The minimum absolute atomic E-state index is 0.106. The second-order valence-electron chi connectivity index (χ2n) is 7.58. The number of allylic oxidation sites excluding steroid dienone is 1. The lowest BCUT2D eigenvalue weighted by molar-refractivity contribution is -0.137. The maximum atomic E-state index is 12.9. The topological polar surface area (TPSA) is 78.9 Å². The number of fused-ring (bicyclic) bond motifs is 3. The Labute approximate surface area is 200 Å². The molecule has 2 aromatic heterocycles. The third-order valence-electron chi connectivity index (χ3n) is 5.35. The average molecular weight is 489 g/mol. The molecule has 5 aromatic rings. The van der Waals surface area contributed by atoms with Crippen LogP contribution in [0, 0.1) is 11.3 Å². The standard InChI is InChI=1S/C26H14F3N3O2S/c27-26(28,29)17-5-3-6-18(10-17)31-13-16(12-30)24-32-22(14-35-24)21-11-20-19-7-2-1-4-15(19)8-9-23(20)34-25(21)33/h1-11,13-14,31H. The lowest BCUT2D eigenvalue weighted by Crippen LogP contribution is -2.05. The predicted octanol–water partition coefficient (Wildman–Crippen LogP) is 7.07. The van der Waals surface area contributed by atoms with E-state index in [1.807, 2.05) is 36.4 Å². The molecule has 0 atom stereocenters. The Morgan fingerprint density at radius 3 is 2.69 bits per heavy atom. The minimum Gasteiger partial charge on any atom is -0.422 e. The van der Waals surface area contributed by atoms with Crippen molar-refractivity contribution in [3.63, 3.8) is 0 Å². The van der Waals surface area contributed by atoms with Crippen LogP contribution in [-0.4, -0.2) is 4.98 Å². The van der Waals surface area contributed by atoms with Gasteiger partial charge in [-0.1, -0.05) is 36.4 Å². The zero-order valence-electron chi connectivity index (χ0n) is 17.8. The van der Waals surface area contributed by atoms with Gasteiger partial charge in [-0.15, -0.1) is 11.3 Å². The largest absolute Gasteiger partial charge is 0.422 e. The molecule has 5 rings (SSSR count). The van der Waals surface area contributed by atoms with Crippen LogP contribution in [0.4, 0.5) is 18.9 Å². The van der Waals surface area contributed by atoms with E-state index in [4.69, 9.17) is 4.42 Å². The first-order chi connectivity index (χ1) is 16.8. The highest BCUT2D eigenvalue weighted by atomic mass is 32.1. The smallest absolute Gasteiger partial charge is 0.416 e. The zero-order valence-corrected chi connectivity index (χ0v) is 18.6. The van der Waals surface area contributed by atoms with Crippen molar-refractivity contribution in [2.45, 2.75) is 6.18 Å². The van der Waals surface area contributed by atoms with E-state index in [9.17, 15) is 23.2 Å². The number of rotatable bonds is 4. The number of nitrogens with one attached hydrogen (secondary N) is 1. The first-order valence-electron chi connectivity index (χ1n) is 10.3. The van der Waals surface area contributed by atoms with Crippen LogP contribution < -0.4 is 10.9 Å². The summed E-state index contributed by atoms with van der Waals surface area (Å²) >= 11 is 1.13. The molecule has 5 nitrogen and oxygen atoms in total. The van der Waals surface area contributed by atoms with E-state index in [0.717, 1.165) is 39.6 Å². The monoisotopic (exact) mass is 489 g/mol. The Hall–Kier alpha value is -4.42. The number of benzene rings is 3. The van der Waals surface area contributed by atoms with Gasteiger partial charge in [0.1, 0.15) is 22.2 Å². The summed E-state index contributed by atoms with van der Waals surface area (Å²) in [6.07, 6.45) is -3.19. The lowest BCUT2D eigenvalue weighted by Gasteiger charge is -2.08. The first kappa shape index (κ1) is 22.4. The van der Waals surface area contributed by atoms with Crippen LogP contribution in [0.3, 0.4) is 0 Å². The van der Waals surface area contributed by atoms with Gasteiger partial charge in [0.2, 0.25) is 0 Å². The fourth-order valence-corrected chi connectivity index (χ4v) is 4.44. The summed E-state index contributed by atoms with van der Waals surface area (Å²) < 4.78 is 44.3. The Balaban J connectivity index is 1.49. The van der Waals surface area contributed by atoms with Crippen molar-refractivity contribution in [3.8, 4) is 17.3 Å². The Morgan fingerprint density at radius 1 is 1.06 bits per heavy atom. The van der Waals surface area contributed by atoms with Gasteiger partial charge >= 0.3 is 11.8 Å². The molecule has 0 radical (unpaired) electrons. The highest BCUT2D eigenvalue weighted by Crippen LogP contribution is 2.32. The summed E-state index contributed by atoms with van der Waals surface area (Å²) in [7, 11) is 0. The number of thiazole rings is 1. The molecule has 0 aliphatic rings. The zero-order chi connectivity index (χ0) is 24.6. The van der Waals surface area contributed by atoms with Gasteiger partial charge in [-0.05, 0) is 41.1 Å². The quantitative estimate of drug-likeness (QED) is 0.166. The molecular weight excluding hydrogens is 475 g/mol. The number of nitriles is 1. The van der Waals surface area contributed by atoms with Crippen LogP contribution in [0.25, 0.3) is 38.6 Å². The van der Waals surface area contributed by atoms with Crippen molar-refractivity contribution >= 4 is 44.3 Å². The molecule has 2 heterocycles. The SMILES string of the molecule is N#CC(=CNc1cccc(C(F)(F)F)c1)c1nc(-c2cc3c(ccc4ccccc43)oc2=O)cs1. The molecule has 0 unspecified atom stereocenters. The van der Waals surface area contributed by atoms with E-state index < -0.39 is 17.4 Å². The van der Waals surface area contributed by atoms with Gasteiger partial charge < -0.3 is 9.73 Å². The van der Waals surface area contributed by atoms with Crippen molar-refractivity contribution in [1.82, 2.24) is 4.98 Å². The number of hydrogen-bond donors (Lipinski definition) is 1. The van der Waals surface area contributed by atoms with E-state index in [0.29, 0.717) is 16.3 Å². The summed E-state index contributed by atoms with van der Waals surface area (Å²) in [5, 5.41) is 16.9. The van der Waals surface area contributed by atoms with E-state index in [2.05, 4.69) is 10.3 Å². The van der Waals surface area contributed by atoms with E-state index in [-0.39, 0.29) is 16.8 Å². The van der Waals surface area contributed by atoms with Crippen LogP contribution in [0.15, 0.2) is 87.5 Å². The summed E-state index contributed by atoms with van der Waals surface area (Å²) in [6.45, 7) is 0. The fourth-order valence-electron chi connectivity index (χ4n) is 3.65. The van der Waals surface area contributed by atoms with Crippen LogP contribution >= 0.6 is 11.3 Å². The van der Waals surface area contributed by atoms with Gasteiger partial charge in [-0.2, -0.15) is 18.4 Å². The molecule has 35 heavy (non-hydrogen) atoms. The van der Waals surface area contributed by atoms with Gasteiger partial charge in [-0.25, -0.2) is 9.78 Å². The van der Waals surface area contributed by atoms with Crippen molar-refractivity contribution in [2.75, 3.05) is 5.32 Å².